The van der Waals surface area contributed by atoms with Crippen molar-refractivity contribution in [3.63, 3.8) is 0 Å². The van der Waals surface area contributed by atoms with Crippen molar-refractivity contribution in [3.05, 3.63) is 102 Å². The van der Waals surface area contributed by atoms with Crippen LogP contribution in [-0.4, -0.2) is 44.9 Å². The van der Waals surface area contributed by atoms with Gasteiger partial charge in [0.05, 0.1) is 19.8 Å². The van der Waals surface area contributed by atoms with Crippen LogP contribution in [0, 0.1) is 0 Å². The fraction of sp³-hybridized carbons (Fsp3) is 0.280. The Hall–Kier alpha value is -2.60. The first-order chi connectivity index (χ1) is 14.6. The summed E-state index contributed by atoms with van der Waals surface area (Å²) < 4.78 is 17.7. The Morgan fingerprint density at radius 2 is 1.43 bits per heavy atom. The Bertz CT molecular complexity index is 891. The molecule has 152 valence electrons. The van der Waals surface area contributed by atoms with Crippen LogP contribution in [0.15, 0.2) is 84.9 Å². The number of aliphatic hydroxyl groups excluding tert-OH is 1. The lowest BCUT2D eigenvalue weighted by atomic mass is 9.80. The standard InChI is InChI=1S/C25H25BO4/c1-28-21-14-12-20(13-15-21)25(18-8-4-2-5-9-18,19-10-6-3-7-11-19)29-17-23-22(27)16-24(26)30-23/h2-15,22-24,27H,16-17H2,1H3/t22-,23-,24-/m1/s1. The molecular formula is C25H25BO4. The molecule has 0 amide bonds. The van der Waals surface area contributed by atoms with Gasteiger partial charge in [-0.15, -0.1) is 0 Å². The van der Waals surface area contributed by atoms with Crippen molar-refractivity contribution in [2.75, 3.05) is 13.7 Å². The molecule has 0 saturated carbocycles. The Morgan fingerprint density at radius 1 is 0.900 bits per heavy atom. The van der Waals surface area contributed by atoms with Crippen LogP contribution >= 0.6 is 0 Å². The van der Waals surface area contributed by atoms with Gasteiger partial charge in [-0.05, 0) is 35.2 Å². The third-order valence-electron chi connectivity index (χ3n) is 5.57. The molecule has 0 unspecified atom stereocenters. The average molecular weight is 400 g/mol. The molecule has 1 N–H and O–H groups in total. The topological polar surface area (TPSA) is 47.9 Å². The van der Waals surface area contributed by atoms with Gasteiger partial charge < -0.3 is 19.3 Å². The van der Waals surface area contributed by atoms with Gasteiger partial charge in [0.25, 0.3) is 0 Å². The smallest absolute Gasteiger partial charge is 0.143 e. The first-order valence-corrected chi connectivity index (χ1v) is 10.1. The van der Waals surface area contributed by atoms with E-state index >= 15 is 0 Å². The number of benzene rings is 3. The van der Waals surface area contributed by atoms with Crippen molar-refractivity contribution < 1.29 is 19.3 Å². The van der Waals surface area contributed by atoms with Gasteiger partial charge in [0, 0.05) is 6.00 Å². The number of ether oxygens (including phenoxy) is 3. The second-order valence-electron chi connectivity index (χ2n) is 7.47. The largest absolute Gasteiger partial charge is 0.497 e. The van der Waals surface area contributed by atoms with Crippen molar-refractivity contribution in [1.29, 1.82) is 0 Å². The van der Waals surface area contributed by atoms with E-state index in [9.17, 15) is 5.11 Å². The van der Waals surface area contributed by atoms with Crippen LogP contribution in [0.3, 0.4) is 0 Å². The predicted octanol–water partition coefficient (Wildman–Crippen LogP) is 3.65. The van der Waals surface area contributed by atoms with Gasteiger partial charge in [0.1, 0.15) is 25.3 Å². The van der Waals surface area contributed by atoms with Crippen LogP contribution in [0.4, 0.5) is 0 Å². The Kier molecular flexibility index (Phi) is 6.23. The van der Waals surface area contributed by atoms with E-state index in [1.807, 2.05) is 60.7 Å². The van der Waals surface area contributed by atoms with E-state index in [2.05, 4.69) is 24.3 Å². The molecule has 2 radical (unpaired) electrons. The zero-order valence-electron chi connectivity index (χ0n) is 17.0. The molecule has 1 aliphatic rings. The molecular weight excluding hydrogens is 375 g/mol. The molecule has 1 fully saturated rings. The molecule has 0 spiro atoms. The molecule has 3 atom stereocenters. The summed E-state index contributed by atoms with van der Waals surface area (Å²) in [6.07, 6.45) is -0.731. The highest BCUT2D eigenvalue weighted by Crippen LogP contribution is 2.41. The zero-order chi connectivity index (χ0) is 21.0. The fourth-order valence-electron chi connectivity index (χ4n) is 4.04. The summed E-state index contributed by atoms with van der Waals surface area (Å²) in [6, 6.07) is 27.6. The van der Waals surface area contributed by atoms with Crippen molar-refractivity contribution in [3.8, 4) is 5.75 Å². The van der Waals surface area contributed by atoms with Crippen molar-refractivity contribution in [2.45, 2.75) is 30.2 Å². The number of methoxy groups -OCH3 is 1. The number of hydrogen-bond acceptors (Lipinski definition) is 4. The first-order valence-electron chi connectivity index (χ1n) is 10.1. The molecule has 0 aromatic heterocycles. The summed E-state index contributed by atoms with van der Waals surface area (Å²) in [4.78, 5) is 0. The summed E-state index contributed by atoms with van der Waals surface area (Å²) in [7, 11) is 7.52. The van der Waals surface area contributed by atoms with Gasteiger partial charge in [-0.2, -0.15) is 0 Å². The maximum atomic E-state index is 10.3. The van der Waals surface area contributed by atoms with Gasteiger partial charge >= 0.3 is 0 Å². The second kappa shape index (κ2) is 9.05. The number of rotatable bonds is 7. The van der Waals surface area contributed by atoms with Gasteiger partial charge in [-0.25, -0.2) is 0 Å². The van der Waals surface area contributed by atoms with Gasteiger partial charge in [0.15, 0.2) is 0 Å². The summed E-state index contributed by atoms with van der Waals surface area (Å²) in [6.45, 7) is 0.199. The Morgan fingerprint density at radius 3 is 1.90 bits per heavy atom. The highest BCUT2D eigenvalue weighted by atomic mass is 16.6. The van der Waals surface area contributed by atoms with E-state index < -0.39 is 23.8 Å². The lowest BCUT2D eigenvalue weighted by molar-refractivity contribution is -0.0737. The molecule has 1 heterocycles. The highest BCUT2D eigenvalue weighted by Gasteiger charge is 2.40. The van der Waals surface area contributed by atoms with Crippen LogP contribution in [0.1, 0.15) is 23.1 Å². The molecule has 1 saturated heterocycles. The minimum atomic E-state index is -0.884. The summed E-state index contributed by atoms with van der Waals surface area (Å²) >= 11 is 0. The van der Waals surface area contributed by atoms with Crippen molar-refractivity contribution in [2.24, 2.45) is 0 Å². The van der Waals surface area contributed by atoms with E-state index in [0.717, 1.165) is 22.4 Å². The molecule has 0 aliphatic carbocycles. The molecule has 1 aliphatic heterocycles. The summed E-state index contributed by atoms with van der Waals surface area (Å²) in [5, 5.41) is 10.3. The first kappa shape index (κ1) is 20.7. The Labute approximate surface area is 178 Å². The van der Waals surface area contributed by atoms with Crippen molar-refractivity contribution >= 4 is 7.85 Å². The van der Waals surface area contributed by atoms with E-state index in [0.29, 0.717) is 6.42 Å². The molecule has 5 heteroatoms. The summed E-state index contributed by atoms with van der Waals surface area (Å²) in [5.74, 6) is 0.772. The second-order valence-corrected chi connectivity index (χ2v) is 7.47. The molecule has 4 rings (SSSR count). The van der Waals surface area contributed by atoms with E-state index in [1.54, 1.807) is 7.11 Å². The molecule has 0 bridgehead atoms. The quantitative estimate of drug-likeness (QED) is 0.486. The lowest BCUT2D eigenvalue weighted by Gasteiger charge is -2.37. The van der Waals surface area contributed by atoms with Crippen LogP contribution < -0.4 is 4.74 Å². The number of hydrogen-bond donors (Lipinski definition) is 1. The SMILES string of the molecule is [B][C@H]1C[C@@H](O)[C@@H](COC(c2ccccc2)(c2ccccc2)c2ccc(OC)cc2)O1. The lowest BCUT2D eigenvalue weighted by Crippen LogP contribution is -2.38. The van der Waals surface area contributed by atoms with E-state index in [1.165, 1.54) is 0 Å². The van der Waals surface area contributed by atoms with Crippen molar-refractivity contribution in [1.82, 2.24) is 0 Å². The maximum absolute atomic E-state index is 10.3. The monoisotopic (exact) mass is 400 g/mol. The normalized spacial score (nSPS) is 21.5. The third-order valence-corrected chi connectivity index (χ3v) is 5.57. The molecule has 4 nitrogen and oxygen atoms in total. The van der Waals surface area contributed by atoms with Crippen LogP contribution in [0.25, 0.3) is 0 Å². The highest BCUT2D eigenvalue weighted by molar-refractivity contribution is 6.11. The van der Waals surface area contributed by atoms with Crippen LogP contribution in [-0.2, 0) is 15.1 Å². The molecule has 30 heavy (non-hydrogen) atoms. The average Bonchev–Trinajstić information content (AvgIpc) is 3.13. The summed E-state index contributed by atoms with van der Waals surface area (Å²) in [5.41, 5.74) is 2.04. The fourth-order valence-corrected chi connectivity index (χ4v) is 4.04. The third kappa shape index (κ3) is 4.01. The molecule has 3 aromatic rings. The van der Waals surface area contributed by atoms with Gasteiger partial charge in [-0.3, -0.25) is 0 Å². The van der Waals surface area contributed by atoms with E-state index in [-0.39, 0.29) is 6.61 Å². The minimum Gasteiger partial charge on any atom is -0.497 e. The maximum Gasteiger partial charge on any atom is 0.143 e. The van der Waals surface area contributed by atoms with Crippen LogP contribution in [0.2, 0.25) is 0 Å². The van der Waals surface area contributed by atoms with Gasteiger partial charge in [0.2, 0.25) is 0 Å². The van der Waals surface area contributed by atoms with Crippen LogP contribution in [0.5, 0.6) is 5.75 Å². The predicted molar refractivity (Wildman–Crippen MR) is 117 cm³/mol. The van der Waals surface area contributed by atoms with Gasteiger partial charge in [-0.1, -0.05) is 72.8 Å². The van der Waals surface area contributed by atoms with E-state index in [4.69, 9.17) is 22.1 Å². The Balaban J connectivity index is 1.82. The zero-order valence-corrected chi connectivity index (χ0v) is 17.0. The molecule has 3 aromatic carbocycles. The number of aliphatic hydroxyl groups is 1. The minimum absolute atomic E-state index is 0.199.